The predicted octanol–water partition coefficient (Wildman–Crippen LogP) is 2.60. The smallest absolute Gasteiger partial charge is 0.234 e. The third-order valence-electron chi connectivity index (χ3n) is 5.16. The van der Waals surface area contributed by atoms with E-state index in [1.165, 1.54) is 25.0 Å². The third-order valence-corrected chi connectivity index (χ3v) is 5.16. The lowest BCUT2D eigenvalue weighted by Gasteiger charge is -2.25. The molecule has 1 amide bonds. The van der Waals surface area contributed by atoms with E-state index in [0.29, 0.717) is 6.54 Å². The van der Waals surface area contributed by atoms with Gasteiger partial charge in [-0.3, -0.25) is 9.69 Å². The molecule has 5 nitrogen and oxygen atoms in total. The van der Waals surface area contributed by atoms with E-state index >= 15 is 0 Å². The van der Waals surface area contributed by atoms with E-state index in [2.05, 4.69) is 15.3 Å². The van der Waals surface area contributed by atoms with Gasteiger partial charge in [0.2, 0.25) is 5.91 Å². The second-order valence-electron chi connectivity index (χ2n) is 6.93. The lowest BCUT2D eigenvalue weighted by Crippen LogP contribution is -2.38. The Bertz CT molecular complexity index is 749. The topological polar surface area (TPSA) is 50.2 Å². The lowest BCUT2D eigenvalue weighted by molar-refractivity contribution is -0.122. The summed E-state index contributed by atoms with van der Waals surface area (Å²) in [5, 5.41) is 7.67. The Kier molecular flexibility index (Phi) is 4.53. The van der Waals surface area contributed by atoms with Crippen LogP contribution in [0.3, 0.4) is 0 Å². The van der Waals surface area contributed by atoms with Crippen molar-refractivity contribution < 1.29 is 9.18 Å². The van der Waals surface area contributed by atoms with Gasteiger partial charge >= 0.3 is 0 Å². The lowest BCUT2D eigenvalue weighted by atomic mass is 9.93. The average Bonchev–Trinajstić information content (AvgIpc) is 3.26. The number of hydrogen-bond donors (Lipinski definition) is 1. The minimum Gasteiger partial charge on any atom is -0.348 e. The first-order chi connectivity index (χ1) is 12.2. The summed E-state index contributed by atoms with van der Waals surface area (Å²) >= 11 is 0. The third kappa shape index (κ3) is 3.44. The average molecular weight is 342 g/mol. The van der Waals surface area contributed by atoms with Gasteiger partial charge in [-0.1, -0.05) is 0 Å². The van der Waals surface area contributed by atoms with E-state index in [1.807, 2.05) is 10.9 Å². The van der Waals surface area contributed by atoms with Crippen LogP contribution in [0, 0.1) is 5.82 Å². The van der Waals surface area contributed by atoms with Crippen molar-refractivity contribution in [3.63, 3.8) is 0 Å². The predicted molar refractivity (Wildman–Crippen MR) is 93.0 cm³/mol. The van der Waals surface area contributed by atoms with Gasteiger partial charge in [0.15, 0.2) is 0 Å². The molecule has 1 saturated heterocycles. The largest absolute Gasteiger partial charge is 0.348 e. The molecule has 1 fully saturated rings. The van der Waals surface area contributed by atoms with Crippen molar-refractivity contribution in [1.29, 1.82) is 0 Å². The first-order valence-electron chi connectivity index (χ1n) is 9.05. The summed E-state index contributed by atoms with van der Waals surface area (Å²) in [6.07, 6.45) is 7.09. The highest BCUT2D eigenvalue weighted by Crippen LogP contribution is 2.31. The van der Waals surface area contributed by atoms with Crippen LogP contribution < -0.4 is 5.32 Å². The molecule has 1 aromatic heterocycles. The number of carbonyl (C=O) groups excluding carboxylic acids is 1. The van der Waals surface area contributed by atoms with Gasteiger partial charge < -0.3 is 5.32 Å². The summed E-state index contributed by atoms with van der Waals surface area (Å²) < 4.78 is 15.0. The Labute approximate surface area is 146 Å². The van der Waals surface area contributed by atoms with Crippen LogP contribution in [-0.4, -0.2) is 40.2 Å². The highest BCUT2D eigenvalue weighted by molar-refractivity contribution is 5.78. The number of halogens is 1. The van der Waals surface area contributed by atoms with Gasteiger partial charge in [0.25, 0.3) is 0 Å². The molecule has 1 aliphatic carbocycles. The number of nitrogens with one attached hydrogen (secondary N) is 1. The highest BCUT2D eigenvalue weighted by Gasteiger charge is 2.26. The maximum absolute atomic E-state index is 13.2. The molecule has 2 aromatic rings. The van der Waals surface area contributed by atoms with Crippen LogP contribution in [0.25, 0.3) is 5.69 Å². The first kappa shape index (κ1) is 16.3. The molecule has 0 saturated carbocycles. The van der Waals surface area contributed by atoms with Crippen molar-refractivity contribution in [3.05, 3.63) is 47.5 Å². The zero-order valence-corrected chi connectivity index (χ0v) is 14.2. The van der Waals surface area contributed by atoms with Gasteiger partial charge in [0.1, 0.15) is 5.82 Å². The van der Waals surface area contributed by atoms with Gasteiger partial charge in [0.05, 0.1) is 24.5 Å². The number of rotatable bonds is 4. The number of benzene rings is 1. The van der Waals surface area contributed by atoms with E-state index < -0.39 is 0 Å². The molecule has 1 aliphatic heterocycles. The van der Waals surface area contributed by atoms with E-state index in [0.717, 1.165) is 49.3 Å². The maximum Gasteiger partial charge on any atom is 0.234 e. The molecule has 4 rings (SSSR count). The zero-order valence-electron chi connectivity index (χ0n) is 14.2. The monoisotopic (exact) mass is 342 g/mol. The van der Waals surface area contributed by atoms with E-state index in [-0.39, 0.29) is 17.8 Å². The molecular formula is C19H23FN4O. The Balaban J connectivity index is 1.50. The number of carbonyl (C=O) groups is 1. The minimum absolute atomic E-state index is 0.0213. The van der Waals surface area contributed by atoms with Crippen molar-refractivity contribution >= 4 is 5.91 Å². The number of aromatic nitrogens is 2. The molecule has 6 heteroatoms. The Hall–Kier alpha value is -2.21. The normalized spacial score (nSPS) is 20.4. The highest BCUT2D eigenvalue weighted by atomic mass is 19.1. The van der Waals surface area contributed by atoms with Crippen LogP contribution in [0.2, 0.25) is 0 Å². The van der Waals surface area contributed by atoms with Crippen molar-refractivity contribution in [2.75, 3.05) is 19.6 Å². The molecule has 0 spiro atoms. The standard InChI is InChI=1S/C19H23FN4O/c20-14-6-8-15(9-7-14)24-18-5-3-4-17(16(18)12-21-24)22-19(25)13-23-10-1-2-11-23/h6-9,12,17H,1-5,10-11,13H2,(H,22,25). The number of fused-ring (bicyclic) bond motifs is 1. The van der Waals surface area contributed by atoms with E-state index in [9.17, 15) is 9.18 Å². The molecule has 25 heavy (non-hydrogen) atoms. The molecular weight excluding hydrogens is 319 g/mol. The maximum atomic E-state index is 13.2. The summed E-state index contributed by atoms with van der Waals surface area (Å²) in [4.78, 5) is 14.6. The van der Waals surface area contributed by atoms with Crippen molar-refractivity contribution in [3.8, 4) is 5.69 Å². The summed E-state index contributed by atoms with van der Waals surface area (Å²) in [6.45, 7) is 2.52. The molecule has 0 bridgehead atoms. The number of hydrogen-bond acceptors (Lipinski definition) is 3. The molecule has 1 aromatic carbocycles. The fourth-order valence-corrected chi connectivity index (χ4v) is 3.90. The Morgan fingerprint density at radius 2 is 1.96 bits per heavy atom. The molecule has 1 N–H and O–H groups in total. The molecule has 2 aliphatic rings. The molecule has 1 atom stereocenters. The molecule has 1 unspecified atom stereocenters. The second-order valence-corrected chi connectivity index (χ2v) is 6.93. The minimum atomic E-state index is -0.253. The van der Waals surface area contributed by atoms with Gasteiger partial charge in [-0.05, 0) is 69.5 Å². The van der Waals surface area contributed by atoms with Crippen LogP contribution in [-0.2, 0) is 11.2 Å². The Morgan fingerprint density at radius 1 is 1.20 bits per heavy atom. The quantitative estimate of drug-likeness (QED) is 0.929. The van der Waals surface area contributed by atoms with Crippen molar-refractivity contribution in [1.82, 2.24) is 20.0 Å². The van der Waals surface area contributed by atoms with Crippen LogP contribution >= 0.6 is 0 Å². The molecule has 0 radical (unpaired) electrons. The van der Waals surface area contributed by atoms with Crippen LogP contribution in [0.15, 0.2) is 30.5 Å². The zero-order chi connectivity index (χ0) is 17.2. The Morgan fingerprint density at radius 3 is 2.72 bits per heavy atom. The number of amides is 1. The fourth-order valence-electron chi connectivity index (χ4n) is 3.90. The van der Waals surface area contributed by atoms with Gasteiger partial charge in [-0.2, -0.15) is 5.10 Å². The summed E-state index contributed by atoms with van der Waals surface area (Å²) in [5.41, 5.74) is 3.06. The molecule has 2 heterocycles. The second kappa shape index (κ2) is 6.96. The SMILES string of the molecule is O=C(CN1CCCC1)NC1CCCc2c1cnn2-c1ccc(F)cc1. The number of likely N-dealkylation sites (tertiary alicyclic amines) is 1. The number of nitrogens with zero attached hydrogens (tertiary/aromatic N) is 3. The van der Waals surface area contributed by atoms with E-state index in [1.54, 1.807) is 12.1 Å². The van der Waals surface area contributed by atoms with Gasteiger partial charge in [-0.15, -0.1) is 0 Å². The van der Waals surface area contributed by atoms with Crippen LogP contribution in [0.5, 0.6) is 0 Å². The summed E-state index contributed by atoms with van der Waals surface area (Å²) in [6, 6.07) is 6.38. The van der Waals surface area contributed by atoms with Crippen LogP contribution in [0.4, 0.5) is 4.39 Å². The van der Waals surface area contributed by atoms with Gasteiger partial charge in [0, 0.05) is 11.3 Å². The summed E-state index contributed by atoms with van der Waals surface area (Å²) in [5.74, 6) is -0.161. The van der Waals surface area contributed by atoms with E-state index in [4.69, 9.17) is 0 Å². The van der Waals surface area contributed by atoms with Crippen LogP contribution in [0.1, 0.15) is 43.0 Å². The molecule has 132 valence electrons. The summed E-state index contributed by atoms with van der Waals surface area (Å²) in [7, 11) is 0. The van der Waals surface area contributed by atoms with Crippen molar-refractivity contribution in [2.24, 2.45) is 0 Å². The fraction of sp³-hybridized carbons (Fsp3) is 0.474. The van der Waals surface area contributed by atoms with Gasteiger partial charge in [-0.25, -0.2) is 9.07 Å². The van der Waals surface area contributed by atoms with Crippen molar-refractivity contribution in [2.45, 2.75) is 38.1 Å². The first-order valence-corrected chi connectivity index (χ1v) is 9.05.